The first kappa shape index (κ1) is 15.3. The summed E-state index contributed by atoms with van der Waals surface area (Å²) in [5, 5.41) is 32.0. The minimum Gasteiger partial charge on any atom is -0.466 e. The van der Waals surface area contributed by atoms with Crippen LogP contribution in [0.3, 0.4) is 0 Å². The summed E-state index contributed by atoms with van der Waals surface area (Å²) in [4.78, 5) is 4.34. The fraction of sp³-hybridized carbons (Fsp3) is 0.353. The average molecular weight is 330 g/mol. The number of rotatable bonds is 3. The fourth-order valence-corrected chi connectivity index (χ4v) is 3.20. The lowest BCUT2D eigenvalue weighted by atomic mass is 10.0. The van der Waals surface area contributed by atoms with Crippen LogP contribution in [0.25, 0.3) is 11.0 Å². The zero-order chi connectivity index (χ0) is 16.8. The number of nitrogens with zero attached hydrogens (tertiary/aromatic N) is 2. The van der Waals surface area contributed by atoms with Crippen LogP contribution in [0.4, 0.5) is 0 Å². The average Bonchev–Trinajstić information content (AvgIpc) is 3.29. The van der Waals surface area contributed by atoms with Crippen molar-refractivity contribution in [3.63, 3.8) is 0 Å². The van der Waals surface area contributed by atoms with E-state index in [1.54, 1.807) is 29.1 Å². The second-order valence-electron chi connectivity index (χ2n) is 6.02. The number of aliphatic hydroxyl groups is 3. The fourth-order valence-electron chi connectivity index (χ4n) is 3.20. The van der Waals surface area contributed by atoms with Gasteiger partial charge in [0.15, 0.2) is 6.23 Å². The maximum absolute atomic E-state index is 10.4. The second-order valence-corrected chi connectivity index (χ2v) is 6.02. The lowest BCUT2D eigenvalue weighted by Gasteiger charge is -2.19. The molecule has 0 spiro atoms. The molecule has 0 bridgehead atoms. The van der Waals surface area contributed by atoms with E-state index in [2.05, 4.69) is 4.98 Å². The summed E-state index contributed by atoms with van der Waals surface area (Å²) in [5.74, 6) is 0.276. The van der Waals surface area contributed by atoms with Gasteiger partial charge in [-0.25, -0.2) is 4.98 Å². The monoisotopic (exact) mass is 330 g/mol. The molecule has 5 unspecified atom stereocenters. The third-order valence-corrected chi connectivity index (χ3v) is 4.53. The molecule has 4 heterocycles. The quantitative estimate of drug-likeness (QED) is 0.669. The lowest BCUT2D eigenvalue weighted by Crippen LogP contribution is -2.34. The Balaban J connectivity index is 1.68. The van der Waals surface area contributed by atoms with Crippen molar-refractivity contribution in [3.8, 4) is 0 Å². The molecule has 1 aliphatic rings. The van der Waals surface area contributed by atoms with Crippen molar-refractivity contribution < 1.29 is 24.5 Å². The highest BCUT2D eigenvalue weighted by molar-refractivity contribution is 5.79. The maximum Gasteiger partial charge on any atom is 0.164 e. The summed E-state index contributed by atoms with van der Waals surface area (Å²) in [6.07, 6.45) is -0.602. The number of fused-ring (bicyclic) bond motifs is 1. The van der Waals surface area contributed by atoms with E-state index in [-0.39, 0.29) is 5.76 Å². The van der Waals surface area contributed by atoms with Gasteiger partial charge in [-0.15, -0.1) is 0 Å². The maximum atomic E-state index is 10.4. The summed E-state index contributed by atoms with van der Waals surface area (Å²) < 4.78 is 12.6. The van der Waals surface area contributed by atoms with Gasteiger partial charge in [0.1, 0.15) is 35.8 Å². The van der Waals surface area contributed by atoms with Gasteiger partial charge in [0.25, 0.3) is 0 Å². The number of aliphatic hydroxyl groups excluding tert-OH is 3. The summed E-state index contributed by atoms with van der Waals surface area (Å²) in [6, 6.07) is 7.02. The molecule has 1 aliphatic heterocycles. The summed E-state index contributed by atoms with van der Waals surface area (Å²) in [7, 11) is 0. The van der Waals surface area contributed by atoms with Gasteiger partial charge in [-0.3, -0.25) is 0 Å². The predicted octanol–water partition coefficient (Wildman–Crippen LogP) is 1.29. The molecule has 0 saturated carbocycles. The van der Waals surface area contributed by atoms with Crippen LogP contribution < -0.4 is 0 Å². The molecular weight excluding hydrogens is 312 g/mol. The van der Waals surface area contributed by atoms with Crippen molar-refractivity contribution in [2.45, 2.75) is 37.6 Å². The van der Waals surface area contributed by atoms with E-state index in [0.29, 0.717) is 5.65 Å². The number of pyridine rings is 1. The Labute approximate surface area is 137 Å². The standard InChI is InChI=1S/C17H18N2O5/c1-9-4-6-18-16-10(9)5-7-19(16)17-14(22)13(21)15(24-17)12(20)11-3-2-8-23-11/h2-8,12-15,17,20-22H,1H3. The topological polar surface area (TPSA) is 101 Å². The van der Waals surface area contributed by atoms with Crippen molar-refractivity contribution in [3.05, 3.63) is 54.2 Å². The first-order valence-corrected chi connectivity index (χ1v) is 7.73. The number of aromatic nitrogens is 2. The van der Waals surface area contributed by atoms with Gasteiger partial charge in [-0.2, -0.15) is 0 Å². The lowest BCUT2D eigenvalue weighted by molar-refractivity contribution is -0.0903. The first-order valence-electron chi connectivity index (χ1n) is 7.73. The number of furan rings is 1. The van der Waals surface area contributed by atoms with Crippen LogP contribution >= 0.6 is 0 Å². The van der Waals surface area contributed by atoms with Crippen molar-refractivity contribution in [1.82, 2.24) is 9.55 Å². The molecule has 24 heavy (non-hydrogen) atoms. The van der Waals surface area contributed by atoms with Crippen LogP contribution in [-0.2, 0) is 4.74 Å². The molecule has 4 rings (SSSR count). The minimum atomic E-state index is -1.25. The van der Waals surface area contributed by atoms with E-state index in [0.717, 1.165) is 10.9 Å². The Morgan fingerprint density at radius 3 is 2.79 bits per heavy atom. The molecule has 5 atom stereocenters. The molecule has 7 heteroatoms. The number of ether oxygens (including phenoxy) is 1. The molecule has 1 fully saturated rings. The first-order chi connectivity index (χ1) is 11.6. The normalized spacial score (nSPS) is 28.5. The zero-order valence-electron chi connectivity index (χ0n) is 13.0. The third kappa shape index (κ3) is 2.25. The van der Waals surface area contributed by atoms with Crippen molar-refractivity contribution >= 4 is 11.0 Å². The second kappa shape index (κ2) is 5.71. The van der Waals surface area contributed by atoms with Gasteiger partial charge in [-0.05, 0) is 36.8 Å². The van der Waals surface area contributed by atoms with E-state index in [1.807, 2.05) is 19.1 Å². The summed E-state index contributed by atoms with van der Waals surface area (Å²) in [6.45, 7) is 1.97. The van der Waals surface area contributed by atoms with Gasteiger partial charge in [-0.1, -0.05) is 0 Å². The largest absolute Gasteiger partial charge is 0.466 e. The van der Waals surface area contributed by atoms with Crippen LogP contribution in [0.15, 0.2) is 47.3 Å². The number of aryl methyl sites for hydroxylation is 1. The predicted molar refractivity (Wildman–Crippen MR) is 84.1 cm³/mol. The van der Waals surface area contributed by atoms with Gasteiger partial charge in [0.2, 0.25) is 0 Å². The number of hydrogen-bond donors (Lipinski definition) is 3. The number of hydrogen-bond acceptors (Lipinski definition) is 6. The molecule has 3 aromatic heterocycles. The van der Waals surface area contributed by atoms with E-state index < -0.39 is 30.6 Å². The van der Waals surface area contributed by atoms with Crippen LogP contribution in [0.1, 0.15) is 23.7 Å². The molecule has 0 amide bonds. The Bertz CT molecular complexity index is 844. The smallest absolute Gasteiger partial charge is 0.164 e. The Kier molecular flexibility index (Phi) is 3.65. The summed E-state index contributed by atoms with van der Waals surface area (Å²) in [5.41, 5.74) is 1.71. The van der Waals surface area contributed by atoms with E-state index in [9.17, 15) is 15.3 Å². The molecule has 7 nitrogen and oxygen atoms in total. The zero-order valence-corrected chi connectivity index (χ0v) is 13.0. The molecule has 126 valence electrons. The van der Waals surface area contributed by atoms with Crippen LogP contribution in [-0.4, -0.2) is 43.2 Å². The van der Waals surface area contributed by atoms with Gasteiger partial charge in [0, 0.05) is 17.8 Å². The molecule has 0 aromatic carbocycles. The van der Waals surface area contributed by atoms with E-state index in [1.165, 1.54) is 6.26 Å². The van der Waals surface area contributed by atoms with Gasteiger partial charge >= 0.3 is 0 Å². The Morgan fingerprint density at radius 2 is 2.04 bits per heavy atom. The van der Waals surface area contributed by atoms with Gasteiger partial charge in [0.05, 0.1) is 6.26 Å². The van der Waals surface area contributed by atoms with E-state index >= 15 is 0 Å². The molecule has 0 aliphatic carbocycles. The molecular formula is C17H18N2O5. The minimum absolute atomic E-state index is 0.276. The Hall–Kier alpha value is -2.19. The third-order valence-electron chi connectivity index (χ3n) is 4.53. The highest BCUT2D eigenvalue weighted by Crippen LogP contribution is 2.37. The van der Waals surface area contributed by atoms with E-state index in [4.69, 9.17) is 9.15 Å². The SMILES string of the molecule is Cc1ccnc2c1ccn2C1OC(C(O)c2ccco2)C(O)C1O. The Morgan fingerprint density at radius 1 is 1.21 bits per heavy atom. The molecule has 3 aromatic rings. The van der Waals surface area contributed by atoms with Crippen LogP contribution in [0, 0.1) is 6.92 Å². The summed E-state index contributed by atoms with van der Waals surface area (Å²) >= 11 is 0. The molecule has 1 saturated heterocycles. The highest BCUT2D eigenvalue weighted by Gasteiger charge is 2.48. The van der Waals surface area contributed by atoms with Crippen LogP contribution in [0.2, 0.25) is 0 Å². The van der Waals surface area contributed by atoms with Crippen molar-refractivity contribution in [1.29, 1.82) is 0 Å². The van der Waals surface area contributed by atoms with Gasteiger partial charge < -0.3 is 29.0 Å². The van der Waals surface area contributed by atoms with Crippen molar-refractivity contribution in [2.24, 2.45) is 0 Å². The molecule has 3 N–H and O–H groups in total. The van der Waals surface area contributed by atoms with Crippen LogP contribution in [0.5, 0.6) is 0 Å². The molecule has 0 radical (unpaired) electrons. The highest BCUT2D eigenvalue weighted by atomic mass is 16.6. The van der Waals surface area contributed by atoms with Crippen molar-refractivity contribution in [2.75, 3.05) is 0 Å².